The molecule has 0 radical (unpaired) electrons. The minimum absolute atomic E-state index is 0.00501. The second-order valence-corrected chi connectivity index (χ2v) is 4.55. The van der Waals surface area contributed by atoms with Crippen molar-refractivity contribution in [3.05, 3.63) is 23.8 Å². The zero-order chi connectivity index (χ0) is 15.7. The average Bonchev–Trinajstić information content (AvgIpc) is 2.47. The van der Waals surface area contributed by atoms with Crippen molar-refractivity contribution in [2.75, 3.05) is 30.7 Å². The lowest BCUT2D eigenvalue weighted by Gasteiger charge is -2.10. The number of carbonyl (C=O) groups excluding carboxylic acids is 2. The molecule has 21 heavy (non-hydrogen) atoms. The lowest BCUT2D eigenvalue weighted by atomic mass is 10.1. The van der Waals surface area contributed by atoms with Crippen LogP contribution in [0.3, 0.4) is 0 Å². The van der Waals surface area contributed by atoms with Gasteiger partial charge in [0.15, 0.2) is 0 Å². The third-order valence-corrected chi connectivity index (χ3v) is 2.80. The van der Waals surface area contributed by atoms with Crippen LogP contribution in [0, 0.1) is 0 Å². The number of hydrogen-bond donors (Lipinski definition) is 3. The van der Waals surface area contributed by atoms with Crippen molar-refractivity contribution in [3.63, 3.8) is 0 Å². The molecule has 0 spiro atoms. The van der Waals surface area contributed by atoms with Crippen LogP contribution in [0.5, 0.6) is 0 Å². The van der Waals surface area contributed by atoms with Crippen molar-refractivity contribution in [3.8, 4) is 0 Å². The molecule has 1 aromatic rings. The van der Waals surface area contributed by atoms with Gasteiger partial charge in [-0.2, -0.15) is 0 Å². The van der Waals surface area contributed by atoms with Gasteiger partial charge in [-0.3, -0.25) is 4.79 Å². The zero-order valence-electron chi connectivity index (χ0n) is 12.6. The number of benzene rings is 1. The monoisotopic (exact) mass is 293 g/mol. The number of carbonyl (C=O) groups is 2. The number of nitrogens with two attached hydrogens (primary N) is 1. The van der Waals surface area contributed by atoms with Crippen LogP contribution in [-0.2, 0) is 9.53 Å². The Balaban J connectivity index is 2.54. The summed E-state index contributed by atoms with van der Waals surface area (Å²) in [5.41, 5.74) is 7.20. The molecule has 0 aliphatic rings. The number of rotatable bonds is 8. The first-order valence-corrected chi connectivity index (χ1v) is 7.15. The van der Waals surface area contributed by atoms with Crippen molar-refractivity contribution in [2.24, 2.45) is 0 Å². The molecule has 116 valence electrons. The highest BCUT2D eigenvalue weighted by molar-refractivity contribution is 5.96. The molecular weight excluding hydrogens is 270 g/mol. The molecule has 0 saturated carbocycles. The Morgan fingerprint density at radius 3 is 2.67 bits per heavy atom. The maximum Gasteiger partial charge on any atom is 0.340 e. The molecule has 6 nitrogen and oxygen atoms in total. The van der Waals surface area contributed by atoms with Gasteiger partial charge in [-0.15, -0.1) is 0 Å². The van der Waals surface area contributed by atoms with Gasteiger partial charge in [-0.25, -0.2) is 4.79 Å². The van der Waals surface area contributed by atoms with Gasteiger partial charge in [0.1, 0.15) is 0 Å². The average molecular weight is 293 g/mol. The van der Waals surface area contributed by atoms with E-state index in [-0.39, 0.29) is 5.91 Å². The topological polar surface area (TPSA) is 93.5 Å². The molecule has 1 amide bonds. The van der Waals surface area contributed by atoms with Crippen molar-refractivity contribution < 1.29 is 14.3 Å². The SMILES string of the molecule is CCCNC(=O)CCNc1ccc(N)c(C(=O)OCC)c1. The zero-order valence-corrected chi connectivity index (χ0v) is 12.6. The smallest absolute Gasteiger partial charge is 0.340 e. The van der Waals surface area contributed by atoms with Crippen LogP contribution in [0.25, 0.3) is 0 Å². The van der Waals surface area contributed by atoms with E-state index in [1.807, 2.05) is 6.92 Å². The maximum absolute atomic E-state index is 11.7. The van der Waals surface area contributed by atoms with Crippen molar-refractivity contribution in [1.29, 1.82) is 0 Å². The first-order valence-electron chi connectivity index (χ1n) is 7.15. The Kier molecular flexibility index (Phi) is 7.08. The van der Waals surface area contributed by atoms with Crippen LogP contribution < -0.4 is 16.4 Å². The number of hydrogen-bond acceptors (Lipinski definition) is 5. The van der Waals surface area contributed by atoms with Crippen molar-refractivity contribution in [1.82, 2.24) is 5.32 Å². The molecule has 1 rings (SSSR count). The molecule has 4 N–H and O–H groups in total. The molecule has 0 heterocycles. The van der Waals surface area contributed by atoms with E-state index in [0.29, 0.717) is 37.4 Å². The molecule has 0 aliphatic carbocycles. The number of esters is 1. The summed E-state index contributed by atoms with van der Waals surface area (Å²) >= 11 is 0. The first-order chi connectivity index (χ1) is 10.1. The van der Waals surface area contributed by atoms with Gasteiger partial charge in [0, 0.05) is 30.9 Å². The summed E-state index contributed by atoms with van der Waals surface area (Å²) < 4.78 is 4.94. The standard InChI is InChI=1S/C15H23N3O3/c1-3-8-18-14(19)7-9-17-11-5-6-13(16)12(10-11)15(20)21-4-2/h5-6,10,17H,3-4,7-9,16H2,1-2H3,(H,18,19). The van der Waals surface area contributed by atoms with Crippen molar-refractivity contribution >= 4 is 23.3 Å². The van der Waals surface area contributed by atoms with Crippen LogP contribution in [0.4, 0.5) is 11.4 Å². The number of nitrogen functional groups attached to an aromatic ring is 1. The second-order valence-electron chi connectivity index (χ2n) is 4.55. The number of nitrogens with one attached hydrogen (secondary N) is 2. The number of amides is 1. The second kappa shape index (κ2) is 8.84. The van der Waals surface area contributed by atoms with Crippen molar-refractivity contribution in [2.45, 2.75) is 26.7 Å². The van der Waals surface area contributed by atoms with Gasteiger partial charge in [0.25, 0.3) is 0 Å². The van der Waals surface area contributed by atoms with E-state index in [9.17, 15) is 9.59 Å². The summed E-state index contributed by atoms with van der Waals surface area (Å²) in [5, 5.41) is 5.89. The molecule has 0 saturated heterocycles. The summed E-state index contributed by atoms with van der Waals surface area (Å²) in [6.07, 6.45) is 1.29. The van der Waals surface area contributed by atoms with Gasteiger partial charge >= 0.3 is 5.97 Å². The Morgan fingerprint density at radius 2 is 2.00 bits per heavy atom. The molecule has 0 bridgehead atoms. The molecular formula is C15H23N3O3. The van der Waals surface area contributed by atoms with Gasteiger partial charge in [-0.05, 0) is 31.5 Å². The minimum atomic E-state index is -0.445. The van der Waals surface area contributed by atoms with Gasteiger partial charge in [0.05, 0.1) is 12.2 Å². The molecule has 1 aromatic carbocycles. The van der Waals surface area contributed by atoms with Crippen LogP contribution in [0.15, 0.2) is 18.2 Å². The fraction of sp³-hybridized carbons (Fsp3) is 0.467. The summed E-state index contributed by atoms with van der Waals surface area (Å²) in [5.74, 6) is -0.440. The molecule has 0 unspecified atom stereocenters. The third-order valence-electron chi connectivity index (χ3n) is 2.80. The van der Waals surface area contributed by atoms with E-state index < -0.39 is 5.97 Å². The Hall–Kier alpha value is -2.24. The summed E-state index contributed by atoms with van der Waals surface area (Å²) in [4.78, 5) is 23.2. The quantitative estimate of drug-likeness (QED) is 0.502. The lowest BCUT2D eigenvalue weighted by Crippen LogP contribution is -2.25. The first kappa shape index (κ1) is 16.8. The van der Waals surface area contributed by atoms with E-state index >= 15 is 0 Å². The highest BCUT2D eigenvalue weighted by atomic mass is 16.5. The molecule has 6 heteroatoms. The summed E-state index contributed by atoms with van der Waals surface area (Å²) in [6.45, 7) is 5.22. The minimum Gasteiger partial charge on any atom is -0.462 e. The van der Waals surface area contributed by atoms with Crippen LogP contribution in [0.1, 0.15) is 37.0 Å². The molecule has 0 fully saturated rings. The van der Waals surface area contributed by atoms with Crippen LogP contribution in [0.2, 0.25) is 0 Å². The van der Waals surface area contributed by atoms with Gasteiger partial charge in [-0.1, -0.05) is 6.92 Å². The fourth-order valence-corrected chi connectivity index (χ4v) is 1.73. The normalized spacial score (nSPS) is 10.0. The van der Waals surface area contributed by atoms with Crippen LogP contribution in [-0.4, -0.2) is 31.6 Å². The van der Waals surface area contributed by atoms with Gasteiger partial charge in [0.2, 0.25) is 5.91 Å². The number of ether oxygens (including phenoxy) is 1. The lowest BCUT2D eigenvalue weighted by molar-refractivity contribution is -0.120. The summed E-state index contributed by atoms with van der Waals surface area (Å²) in [7, 11) is 0. The predicted octanol–water partition coefficient (Wildman–Crippen LogP) is 1.77. The molecule has 0 aliphatic heterocycles. The molecule has 0 aromatic heterocycles. The number of anilines is 2. The summed E-state index contributed by atoms with van der Waals surface area (Å²) in [6, 6.07) is 5.05. The third kappa shape index (κ3) is 5.72. The van der Waals surface area contributed by atoms with E-state index in [0.717, 1.165) is 12.1 Å². The fourth-order valence-electron chi connectivity index (χ4n) is 1.73. The highest BCUT2D eigenvalue weighted by Crippen LogP contribution is 2.18. The van der Waals surface area contributed by atoms with E-state index in [2.05, 4.69) is 10.6 Å². The van der Waals surface area contributed by atoms with E-state index in [4.69, 9.17) is 10.5 Å². The van der Waals surface area contributed by atoms with Crippen LogP contribution >= 0.6 is 0 Å². The van der Waals surface area contributed by atoms with Gasteiger partial charge < -0.3 is 21.1 Å². The maximum atomic E-state index is 11.7. The highest BCUT2D eigenvalue weighted by Gasteiger charge is 2.11. The van der Waals surface area contributed by atoms with E-state index in [1.165, 1.54) is 0 Å². The largest absolute Gasteiger partial charge is 0.462 e. The van der Waals surface area contributed by atoms with E-state index in [1.54, 1.807) is 25.1 Å². The Labute approximate surface area is 125 Å². The predicted molar refractivity (Wildman–Crippen MR) is 83.2 cm³/mol. The Bertz CT molecular complexity index is 489. The Morgan fingerprint density at radius 1 is 1.24 bits per heavy atom. The molecule has 0 atom stereocenters.